The maximum absolute atomic E-state index is 11.8. The van der Waals surface area contributed by atoms with Gasteiger partial charge in [-0.05, 0) is 24.8 Å². The second kappa shape index (κ2) is 5.31. The van der Waals surface area contributed by atoms with Crippen molar-refractivity contribution in [2.24, 2.45) is 11.1 Å². The summed E-state index contributed by atoms with van der Waals surface area (Å²) in [6, 6.07) is 0. The number of carbonyl (C=O) groups excluding carboxylic acids is 1. The van der Waals surface area contributed by atoms with E-state index in [2.05, 4.69) is 15.5 Å². The number of aromatic amines is 1. The third-order valence-corrected chi connectivity index (χ3v) is 3.73. The van der Waals surface area contributed by atoms with Crippen LogP contribution in [-0.4, -0.2) is 29.2 Å². The van der Waals surface area contributed by atoms with Crippen LogP contribution in [0.5, 0.6) is 0 Å². The molecule has 1 fully saturated rings. The first-order valence-corrected chi connectivity index (χ1v) is 6.23. The zero-order valence-corrected chi connectivity index (χ0v) is 10.0. The van der Waals surface area contributed by atoms with Crippen molar-refractivity contribution in [1.82, 2.24) is 15.5 Å². The molecule has 5 nitrogen and oxygen atoms in total. The Kier molecular flexibility index (Phi) is 3.78. The molecule has 5 heteroatoms. The van der Waals surface area contributed by atoms with E-state index in [1.54, 1.807) is 6.20 Å². The lowest BCUT2D eigenvalue weighted by Gasteiger charge is -2.36. The van der Waals surface area contributed by atoms with E-state index >= 15 is 0 Å². The Labute approximate surface area is 101 Å². The Morgan fingerprint density at radius 3 is 2.82 bits per heavy atom. The minimum atomic E-state index is -0.0721. The van der Waals surface area contributed by atoms with Gasteiger partial charge in [-0.1, -0.05) is 19.3 Å². The van der Waals surface area contributed by atoms with Crippen LogP contribution >= 0.6 is 0 Å². The Morgan fingerprint density at radius 1 is 1.47 bits per heavy atom. The molecule has 4 N–H and O–H groups in total. The molecule has 0 atom stereocenters. The first kappa shape index (κ1) is 12.1. The van der Waals surface area contributed by atoms with Gasteiger partial charge in [-0.3, -0.25) is 9.89 Å². The molecule has 0 aliphatic heterocycles. The van der Waals surface area contributed by atoms with Gasteiger partial charge in [-0.15, -0.1) is 0 Å². The number of aromatic nitrogens is 2. The lowest BCUT2D eigenvalue weighted by Crippen LogP contribution is -2.43. The molecule has 1 aromatic rings. The minimum absolute atomic E-state index is 0.0721. The van der Waals surface area contributed by atoms with Crippen LogP contribution in [0.3, 0.4) is 0 Å². The van der Waals surface area contributed by atoms with Crippen molar-refractivity contribution in [2.75, 3.05) is 13.1 Å². The van der Waals surface area contributed by atoms with Gasteiger partial charge in [-0.25, -0.2) is 0 Å². The second-order valence-corrected chi connectivity index (χ2v) is 4.93. The Balaban J connectivity index is 1.89. The fourth-order valence-corrected chi connectivity index (χ4v) is 2.50. The monoisotopic (exact) mass is 236 g/mol. The van der Waals surface area contributed by atoms with Crippen LogP contribution in [0.15, 0.2) is 12.4 Å². The first-order valence-electron chi connectivity index (χ1n) is 6.23. The van der Waals surface area contributed by atoms with Gasteiger partial charge in [-0.2, -0.15) is 5.10 Å². The molecule has 1 heterocycles. The Bertz CT molecular complexity index is 355. The number of carbonyl (C=O) groups is 1. The molecule has 0 bridgehead atoms. The fraction of sp³-hybridized carbons (Fsp3) is 0.667. The number of hydrogen-bond donors (Lipinski definition) is 3. The molecule has 2 rings (SSSR count). The molecule has 1 saturated carbocycles. The predicted octanol–water partition coefficient (Wildman–Crippen LogP) is 1.05. The normalized spacial score (nSPS) is 18.9. The van der Waals surface area contributed by atoms with E-state index in [4.69, 9.17) is 5.73 Å². The summed E-state index contributed by atoms with van der Waals surface area (Å²) in [6.07, 6.45) is 9.11. The summed E-state index contributed by atoms with van der Waals surface area (Å²) in [5, 5.41) is 9.37. The Hall–Kier alpha value is -1.36. The average Bonchev–Trinajstić information content (AvgIpc) is 2.91. The summed E-state index contributed by atoms with van der Waals surface area (Å²) in [5.74, 6) is -0.0721. The molecular weight excluding hydrogens is 216 g/mol. The highest BCUT2D eigenvalue weighted by Gasteiger charge is 2.31. The minimum Gasteiger partial charge on any atom is -0.351 e. The predicted molar refractivity (Wildman–Crippen MR) is 65.5 cm³/mol. The molecule has 94 valence electrons. The maximum atomic E-state index is 11.8. The van der Waals surface area contributed by atoms with E-state index in [0.717, 1.165) is 12.8 Å². The van der Waals surface area contributed by atoms with Crippen molar-refractivity contribution >= 4 is 5.91 Å². The smallest absolute Gasteiger partial charge is 0.254 e. The van der Waals surface area contributed by atoms with Gasteiger partial charge in [0.1, 0.15) is 0 Å². The van der Waals surface area contributed by atoms with Crippen LogP contribution in [0, 0.1) is 5.41 Å². The summed E-state index contributed by atoms with van der Waals surface area (Å²) >= 11 is 0. The zero-order valence-electron chi connectivity index (χ0n) is 10.0. The van der Waals surface area contributed by atoms with Crippen LogP contribution in [0.2, 0.25) is 0 Å². The molecule has 0 spiro atoms. The molecule has 17 heavy (non-hydrogen) atoms. The van der Waals surface area contributed by atoms with Gasteiger partial charge in [0.2, 0.25) is 0 Å². The molecule has 1 aliphatic rings. The molecule has 1 aromatic heterocycles. The number of amides is 1. The molecule has 0 saturated heterocycles. The van der Waals surface area contributed by atoms with Gasteiger partial charge in [0, 0.05) is 12.7 Å². The first-order chi connectivity index (χ1) is 8.26. The van der Waals surface area contributed by atoms with Crippen molar-refractivity contribution in [3.05, 3.63) is 18.0 Å². The van der Waals surface area contributed by atoms with Crippen LogP contribution in [0.4, 0.5) is 0 Å². The van der Waals surface area contributed by atoms with E-state index in [9.17, 15) is 4.79 Å². The van der Waals surface area contributed by atoms with Gasteiger partial charge in [0.25, 0.3) is 5.91 Å². The van der Waals surface area contributed by atoms with Crippen molar-refractivity contribution in [2.45, 2.75) is 32.1 Å². The molecule has 0 unspecified atom stereocenters. The van der Waals surface area contributed by atoms with E-state index in [0.29, 0.717) is 18.7 Å². The third-order valence-electron chi connectivity index (χ3n) is 3.73. The van der Waals surface area contributed by atoms with Crippen molar-refractivity contribution < 1.29 is 4.79 Å². The van der Waals surface area contributed by atoms with Crippen LogP contribution in [0.25, 0.3) is 0 Å². The van der Waals surface area contributed by atoms with Gasteiger partial charge in [0.15, 0.2) is 0 Å². The number of hydrogen-bond acceptors (Lipinski definition) is 3. The number of nitrogens with two attached hydrogens (primary N) is 1. The summed E-state index contributed by atoms with van der Waals surface area (Å²) in [5.41, 5.74) is 6.56. The highest BCUT2D eigenvalue weighted by molar-refractivity contribution is 5.93. The largest absolute Gasteiger partial charge is 0.351 e. The van der Waals surface area contributed by atoms with Crippen LogP contribution < -0.4 is 11.1 Å². The standard InChI is InChI=1S/C12H20N4O/c13-8-12(4-2-1-3-5-12)9-14-11(17)10-6-15-16-7-10/h6-7H,1-5,8-9,13H2,(H,14,17)(H,15,16). The summed E-state index contributed by atoms with van der Waals surface area (Å²) in [6.45, 7) is 1.33. The van der Waals surface area contributed by atoms with Gasteiger partial charge in [0.05, 0.1) is 11.8 Å². The average molecular weight is 236 g/mol. The van der Waals surface area contributed by atoms with E-state index in [-0.39, 0.29) is 11.3 Å². The summed E-state index contributed by atoms with van der Waals surface area (Å²) in [7, 11) is 0. The number of nitrogens with one attached hydrogen (secondary N) is 2. The molecule has 1 aliphatic carbocycles. The molecule has 1 amide bonds. The third kappa shape index (κ3) is 2.85. The lowest BCUT2D eigenvalue weighted by atomic mass is 9.74. The molecule has 0 aromatic carbocycles. The SMILES string of the molecule is NCC1(CNC(=O)c2cn[nH]c2)CCCCC1. The lowest BCUT2D eigenvalue weighted by molar-refractivity contribution is 0.0914. The van der Waals surface area contributed by atoms with Crippen molar-refractivity contribution in [3.8, 4) is 0 Å². The van der Waals surface area contributed by atoms with E-state index in [1.807, 2.05) is 0 Å². The fourth-order valence-electron chi connectivity index (χ4n) is 2.50. The maximum Gasteiger partial charge on any atom is 0.254 e. The van der Waals surface area contributed by atoms with E-state index in [1.165, 1.54) is 25.5 Å². The van der Waals surface area contributed by atoms with Crippen molar-refractivity contribution in [3.63, 3.8) is 0 Å². The molecule has 0 radical (unpaired) electrons. The van der Waals surface area contributed by atoms with Gasteiger partial charge >= 0.3 is 0 Å². The van der Waals surface area contributed by atoms with Gasteiger partial charge < -0.3 is 11.1 Å². The van der Waals surface area contributed by atoms with E-state index < -0.39 is 0 Å². The van der Waals surface area contributed by atoms with Crippen molar-refractivity contribution in [1.29, 1.82) is 0 Å². The van der Waals surface area contributed by atoms with Crippen LogP contribution in [0.1, 0.15) is 42.5 Å². The molecular formula is C12H20N4O. The number of nitrogens with zero attached hydrogens (tertiary/aromatic N) is 1. The summed E-state index contributed by atoms with van der Waals surface area (Å²) in [4.78, 5) is 11.8. The number of rotatable bonds is 4. The topological polar surface area (TPSA) is 83.8 Å². The summed E-state index contributed by atoms with van der Waals surface area (Å²) < 4.78 is 0. The van der Waals surface area contributed by atoms with Crippen LogP contribution in [-0.2, 0) is 0 Å². The zero-order chi connectivity index (χ0) is 12.1. The number of H-pyrrole nitrogens is 1. The Morgan fingerprint density at radius 2 is 2.24 bits per heavy atom. The second-order valence-electron chi connectivity index (χ2n) is 4.93. The quantitative estimate of drug-likeness (QED) is 0.730. The highest BCUT2D eigenvalue weighted by atomic mass is 16.1. The highest BCUT2D eigenvalue weighted by Crippen LogP contribution is 2.34.